The number of aromatic nitrogens is 5. The highest BCUT2D eigenvalue weighted by Crippen LogP contribution is 2.46. The van der Waals surface area contributed by atoms with Gasteiger partial charge in [-0.3, -0.25) is 0 Å². The molecule has 0 spiro atoms. The number of hydrogen-bond acceptors (Lipinski definition) is 9. The first-order valence-electron chi connectivity index (χ1n) is 12.4. The Labute approximate surface area is 225 Å². The summed E-state index contributed by atoms with van der Waals surface area (Å²) in [5.74, 6) is 1.41. The minimum Gasteiger partial charge on any atom is -0.424 e. The van der Waals surface area contributed by atoms with Crippen LogP contribution in [-0.4, -0.2) is 42.9 Å². The zero-order valence-electron chi connectivity index (χ0n) is 21.5. The van der Waals surface area contributed by atoms with E-state index < -0.39 is 6.23 Å². The summed E-state index contributed by atoms with van der Waals surface area (Å²) in [6.07, 6.45) is 3.86. The normalized spacial score (nSPS) is 12.8. The molecule has 1 aliphatic rings. The van der Waals surface area contributed by atoms with E-state index >= 15 is 0 Å². The highest BCUT2D eigenvalue weighted by molar-refractivity contribution is 6.09. The van der Waals surface area contributed by atoms with Gasteiger partial charge in [0.05, 0.1) is 23.4 Å². The first-order valence-corrected chi connectivity index (χ1v) is 12.4. The van der Waals surface area contributed by atoms with Crippen LogP contribution >= 0.6 is 0 Å². The summed E-state index contributed by atoms with van der Waals surface area (Å²) < 4.78 is 13.3. The zero-order valence-corrected chi connectivity index (χ0v) is 21.5. The summed E-state index contributed by atoms with van der Waals surface area (Å²) in [7, 11) is 3.63. The van der Waals surface area contributed by atoms with Crippen LogP contribution in [0.1, 0.15) is 11.3 Å². The van der Waals surface area contributed by atoms with Gasteiger partial charge in [0.15, 0.2) is 0 Å². The minimum absolute atomic E-state index is 0.262. The van der Waals surface area contributed by atoms with E-state index in [4.69, 9.17) is 9.47 Å². The number of aliphatic hydroxyl groups is 1. The van der Waals surface area contributed by atoms with Gasteiger partial charge in [0.1, 0.15) is 29.8 Å². The van der Waals surface area contributed by atoms with Gasteiger partial charge in [0, 0.05) is 38.1 Å². The van der Waals surface area contributed by atoms with Crippen molar-refractivity contribution in [1.82, 2.24) is 24.5 Å². The molecule has 3 N–H and O–H groups in total. The van der Waals surface area contributed by atoms with E-state index in [2.05, 4.69) is 47.8 Å². The molecule has 0 radical (unpaired) electrons. The van der Waals surface area contributed by atoms with Crippen LogP contribution in [0.25, 0.3) is 33.4 Å². The average molecular weight is 522 g/mol. The van der Waals surface area contributed by atoms with Crippen LogP contribution in [0.4, 0.5) is 11.5 Å². The molecule has 0 saturated heterocycles. The summed E-state index contributed by atoms with van der Waals surface area (Å²) >= 11 is 0. The standard InChI is InChI=1S/C29H27N7O3/c1-4-23(37)34-19-7-5-17(6-8-19)26-24-22-10-9-21(39-29-30-12-11-20(35-29)15-38-3)13-18(22)14-31-27-25(24)28(36(26)2)33-16-32-27/h4-13,16,23,34,37H,1,14-15H2,2-3H3,(H,31,32,33). The van der Waals surface area contributed by atoms with Crippen LogP contribution in [0, 0.1) is 0 Å². The average Bonchev–Trinajstić information content (AvgIpc) is 3.15. The van der Waals surface area contributed by atoms with E-state index in [0.717, 1.165) is 56.2 Å². The smallest absolute Gasteiger partial charge is 0.322 e. The van der Waals surface area contributed by atoms with Crippen LogP contribution in [0.5, 0.6) is 11.8 Å². The Bertz CT molecular complexity index is 1680. The monoisotopic (exact) mass is 521 g/mol. The number of rotatable bonds is 8. The number of anilines is 2. The molecule has 1 unspecified atom stereocenters. The summed E-state index contributed by atoms with van der Waals surface area (Å²) in [6.45, 7) is 4.55. The molecule has 10 heteroatoms. The maximum Gasteiger partial charge on any atom is 0.322 e. The van der Waals surface area contributed by atoms with Crippen molar-refractivity contribution in [3.8, 4) is 34.1 Å². The van der Waals surface area contributed by atoms with Gasteiger partial charge in [0.25, 0.3) is 0 Å². The van der Waals surface area contributed by atoms with Crippen molar-refractivity contribution < 1.29 is 14.6 Å². The Morgan fingerprint density at radius 1 is 1.15 bits per heavy atom. The van der Waals surface area contributed by atoms with Gasteiger partial charge < -0.3 is 29.8 Å². The lowest BCUT2D eigenvalue weighted by Gasteiger charge is -2.14. The Morgan fingerprint density at radius 2 is 2.00 bits per heavy atom. The van der Waals surface area contributed by atoms with Crippen LogP contribution in [0.3, 0.4) is 0 Å². The van der Waals surface area contributed by atoms with E-state index in [-0.39, 0.29) is 6.01 Å². The van der Waals surface area contributed by atoms with Gasteiger partial charge in [-0.2, -0.15) is 4.98 Å². The lowest BCUT2D eigenvalue weighted by Crippen LogP contribution is -2.14. The molecule has 0 aliphatic carbocycles. The SMILES string of the molecule is C=CC(O)Nc1ccc(-c2c3c4c(ncnc4n2C)NCc2cc(Oc4nccc(COC)n4)ccc2-3)cc1. The quantitative estimate of drug-likeness (QED) is 0.194. The largest absolute Gasteiger partial charge is 0.424 e. The number of nitrogens with zero attached hydrogens (tertiary/aromatic N) is 5. The molecule has 1 atom stereocenters. The first kappa shape index (κ1) is 24.5. The van der Waals surface area contributed by atoms with Gasteiger partial charge in [-0.05, 0) is 53.1 Å². The van der Waals surface area contributed by atoms with Crippen molar-refractivity contribution in [2.45, 2.75) is 19.4 Å². The number of nitrogens with one attached hydrogen (secondary N) is 2. The van der Waals surface area contributed by atoms with E-state index in [9.17, 15) is 5.11 Å². The van der Waals surface area contributed by atoms with Gasteiger partial charge in [-0.15, -0.1) is 0 Å². The summed E-state index contributed by atoms with van der Waals surface area (Å²) in [5, 5.41) is 17.3. The number of fused-ring (bicyclic) bond motifs is 2. The van der Waals surface area contributed by atoms with E-state index in [1.165, 1.54) is 6.08 Å². The van der Waals surface area contributed by atoms with Crippen molar-refractivity contribution >= 4 is 22.5 Å². The van der Waals surface area contributed by atoms with Crippen LogP contribution < -0.4 is 15.4 Å². The Balaban J connectivity index is 1.44. The van der Waals surface area contributed by atoms with Crippen molar-refractivity contribution in [2.24, 2.45) is 7.05 Å². The molecule has 3 aromatic heterocycles. The number of aliphatic hydroxyl groups excluding tert-OH is 1. The summed E-state index contributed by atoms with van der Waals surface area (Å²) in [5.41, 5.74) is 7.52. The number of hydrogen-bond donors (Lipinski definition) is 3. The third kappa shape index (κ3) is 4.56. The molecular formula is C29H27N7O3. The first-order chi connectivity index (χ1) is 19.1. The fourth-order valence-electron chi connectivity index (χ4n) is 4.90. The molecule has 10 nitrogen and oxygen atoms in total. The lowest BCUT2D eigenvalue weighted by molar-refractivity contribution is 0.180. The predicted molar refractivity (Wildman–Crippen MR) is 149 cm³/mol. The molecule has 4 heterocycles. The number of methoxy groups -OCH3 is 1. The van der Waals surface area contributed by atoms with E-state index in [1.54, 1.807) is 25.7 Å². The second-order valence-electron chi connectivity index (χ2n) is 9.14. The minimum atomic E-state index is -0.821. The lowest BCUT2D eigenvalue weighted by atomic mass is 9.95. The Morgan fingerprint density at radius 3 is 2.79 bits per heavy atom. The van der Waals surface area contributed by atoms with Crippen LogP contribution in [0.2, 0.25) is 0 Å². The molecule has 0 fully saturated rings. The van der Waals surface area contributed by atoms with Crippen molar-refractivity contribution in [2.75, 3.05) is 17.7 Å². The van der Waals surface area contributed by atoms with Gasteiger partial charge in [-0.1, -0.05) is 24.8 Å². The fourth-order valence-corrected chi connectivity index (χ4v) is 4.90. The topological polar surface area (TPSA) is 119 Å². The molecule has 5 aromatic rings. The molecule has 39 heavy (non-hydrogen) atoms. The number of benzene rings is 2. The maximum absolute atomic E-state index is 9.87. The maximum atomic E-state index is 9.87. The molecular weight excluding hydrogens is 494 g/mol. The van der Waals surface area contributed by atoms with Gasteiger partial charge in [-0.25, -0.2) is 15.0 Å². The predicted octanol–water partition coefficient (Wildman–Crippen LogP) is 4.87. The van der Waals surface area contributed by atoms with E-state index in [1.807, 2.05) is 43.4 Å². The second kappa shape index (κ2) is 10.2. The number of aryl methyl sites for hydroxylation is 1. The van der Waals surface area contributed by atoms with E-state index in [0.29, 0.717) is 18.9 Å². The Hall–Kier alpha value is -4.80. The second-order valence-corrected chi connectivity index (χ2v) is 9.14. The fraction of sp³-hybridized carbons (Fsp3) is 0.172. The van der Waals surface area contributed by atoms with Crippen LogP contribution in [0.15, 0.2) is 73.7 Å². The van der Waals surface area contributed by atoms with Gasteiger partial charge in [0.2, 0.25) is 0 Å². The van der Waals surface area contributed by atoms with Crippen molar-refractivity contribution in [3.05, 3.63) is 85.0 Å². The molecule has 6 rings (SSSR count). The summed E-state index contributed by atoms with van der Waals surface area (Å²) in [4.78, 5) is 17.8. The number of ether oxygens (including phenoxy) is 2. The summed E-state index contributed by atoms with van der Waals surface area (Å²) in [6, 6.07) is 16.0. The molecule has 0 saturated carbocycles. The van der Waals surface area contributed by atoms with Crippen molar-refractivity contribution in [3.63, 3.8) is 0 Å². The molecule has 196 valence electrons. The molecule has 0 amide bonds. The highest BCUT2D eigenvalue weighted by atomic mass is 16.5. The third-order valence-corrected chi connectivity index (χ3v) is 6.65. The Kier molecular flexibility index (Phi) is 6.39. The third-order valence-electron chi connectivity index (χ3n) is 6.65. The zero-order chi connectivity index (χ0) is 26.9. The van der Waals surface area contributed by atoms with Crippen LogP contribution in [-0.2, 0) is 24.9 Å². The molecule has 0 bridgehead atoms. The molecule has 1 aliphatic heterocycles. The molecule has 2 aromatic carbocycles. The highest BCUT2D eigenvalue weighted by Gasteiger charge is 2.26. The van der Waals surface area contributed by atoms with Gasteiger partial charge >= 0.3 is 6.01 Å². The van der Waals surface area contributed by atoms with Crippen molar-refractivity contribution in [1.29, 1.82) is 0 Å².